The van der Waals surface area contributed by atoms with Crippen LogP contribution in [0, 0.1) is 0 Å². The molecule has 0 aromatic heterocycles. The highest BCUT2D eigenvalue weighted by Gasteiger charge is 2.13. The van der Waals surface area contributed by atoms with Crippen LogP contribution in [0.1, 0.15) is 0 Å². The maximum atomic E-state index is 12.1. The van der Waals surface area contributed by atoms with E-state index in [0.29, 0.717) is 11.4 Å². The fourth-order valence-corrected chi connectivity index (χ4v) is 3.35. The van der Waals surface area contributed by atoms with E-state index in [1.807, 2.05) is 18.2 Å². The predicted octanol–water partition coefficient (Wildman–Crippen LogP) is 2.29. The quantitative estimate of drug-likeness (QED) is 0.881. The van der Waals surface area contributed by atoms with E-state index in [0.717, 1.165) is 32.0 Å². The van der Waals surface area contributed by atoms with Crippen molar-refractivity contribution < 1.29 is 13.2 Å². The average molecular weight is 333 g/mol. The summed E-state index contributed by atoms with van der Waals surface area (Å²) >= 11 is 0. The van der Waals surface area contributed by atoms with Crippen LogP contribution in [0.15, 0.2) is 54.6 Å². The molecule has 122 valence electrons. The molecule has 0 spiro atoms. The van der Waals surface area contributed by atoms with Gasteiger partial charge in [0.25, 0.3) is 0 Å². The Morgan fingerprint density at radius 2 is 1.39 bits per heavy atom. The monoisotopic (exact) mass is 333 g/mol. The molecule has 0 radical (unpaired) electrons. The number of anilines is 3. The van der Waals surface area contributed by atoms with E-state index in [1.165, 1.54) is 0 Å². The number of morpholine rings is 1. The van der Waals surface area contributed by atoms with Gasteiger partial charge in [0.05, 0.1) is 24.6 Å². The van der Waals surface area contributed by atoms with Gasteiger partial charge in [-0.2, -0.15) is 8.42 Å². The molecule has 1 aliphatic rings. The first kappa shape index (κ1) is 15.6. The van der Waals surface area contributed by atoms with Gasteiger partial charge in [0.15, 0.2) is 0 Å². The van der Waals surface area contributed by atoms with Crippen LogP contribution in [0.2, 0.25) is 0 Å². The summed E-state index contributed by atoms with van der Waals surface area (Å²) in [5.74, 6) is 0. The molecule has 2 aromatic carbocycles. The van der Waals surface area contributed by atoms with Crippen LogP contribution in [0.5, 0.6) is 0 Å². The SMILES string of the molecule is O=S(=O)(Nc1ccccc1)Nc1ccc(N2CCOCC2)cc1. The Morgan fingerprint density at radius 3 is 2.00 bits per heavy atom. The van der Waals surface area contributed by atoms with Crippen LogP contribution in [-0.2, 0) is 14.9 Å². The molecule has 0 amide bonds. The molecule has 0 atom stereocenters. The Balaban J connectivity index is 1.65. The first-order valence-electron chi connectivity index (χ1n) is 7.41. The van der Waals surface area contributed by atoms with Crippen molar-refractivity contribution in [3.05, 3.63) is 54.6 Å². The molecular formula is C16H19N3O3S. The Kier molecular flexibility index (Phi) is 4.68. The van der Waals surface area contributed by atoms with Gasteiger partial charge in [-0.25, -0.2) is 0 Å². The van der Waals surface area contributed by atoms with Gasteiger partial charge in [-0.1, -0.05) is 18.2 Å². The average Bonchev–Trinajstić information content (AvgIpc) is 2.56. The summed E-state index contributed by atoms with van der Waals surface area (Å²) in [5.41, 5.74) is 2.10. The van der Waals surface area contributed by atoms with E-state index in [2.05, 4.69) is 14.3 Å². The summed E-state index contributed by atoms with van der Waals surface area (Å²) in [6, 6.07) is 16.1. The molecule has 0 saturated carbocycles. The van der Waals surface area contributed by atoms with Crippen LogP contribution in [0.25, 0.3) is 0 Å². The van der Waals surface area contributed by atoms with E-state index in [4.69, 9.17) is 4.74 Å². The minimum Gasteiger partial charge on any atom is -0.378 e. The lowest BCUT2D eigenvalue weighted by molar-refractivity contribution is 0.122. The van der Waals surface area contributed by atoms with Gasteiger partial charge in [0.1, 0.15) is 0 Å². The number of hydrogen-bond donors (Lipinski definition) is 2. The van der Waals surface area contributed by atoms with Crippen LogP contribution < -0.4 is 14.3 Å². The first-order valence-corrected chi connectivity index (χ1v) is 8.89. The highest BCUT2D eigenvalue weighted by molar-refractivity contribution is 7.94. The highest BCUT2D eigenvalue weighted by Crippen LogP contribution is 2.20. The van der Waals surface area contributed by atoms with Crippen molar-refractivity contribution >= 4 is 27.3 Å². The number of ether oxygens (including phenoxy) is 1. The largest absolute Gasteiger partial charge is 0.378 e. The minimum absolute atomic E-state index is 0.518. The molecule has 1 saturated heterocycles. The summed E-state index contributed by atoms with van der Waals surface area (Å²) in [7, 11) is -3.66. The maximum Gasteiger partial charge on any atom is 0.321 e. The molecule has 6 nitrogen and oxygen atoms in total. The summed E-state index contributed by atoms with van der Waals surface area (Å²) in [5, 5.41) is 0. The molecule has 0 unspecified atom stereocenters. The van der Waals surface area contributed by atoms with E-state index in [-0.39, 0.29) is 0 Å². The second-order valence-electron chi connectivity index (χ2n) is 5.22. The molecule has 7 heteroatoms. The van der Waals surface area contributed by atoms with Crippen LogP contribution in [-0.4, -0.2) is 34.7 Å². The lowest BCUT2D eigenvalue weighted by atomic mass is 10.2. The molecule has 0 aliphatic carbocycles. The van der Waals surface area contributed by atoms with Gasteiger partial charge < -0.3 is 9.64 Å². The molecule has 1 fully saturated rings. The highest BCUT2D eigenvalue weighted by atomic mass is 32.2. The third-order valence-electron chi connectivity index (χ3n) is 3.52. The lowest BCUT2D eigenvalue weighted by Gasteiger charge is -2.28. The topological polar surface area (TPSA) is 70.7 Å². The van der Waals surface area contributed by atoms with Gasteiger partial charge in [-0.05, 0) is 36.4 Å². The Hall–Kier alpha value is -2.25. The van der Waals surface area contributed by atoms with Crippen LogP contribution >= 0.6 is 0 Å². The fourth-order valence-electron chi connectivity index (χ4n) is 2.40. The maximum absolute atomic E-state index is 12.1. The van der Waals surface area contributed by atoms with Crippen molar-refractivity contribution in [1.82, 2.24) is 0 Å². The molecular weight excluding hydrogens is 314 g/mol. The predicted molar refractivity (Wildman–Crippen MR) is 92.1 cm³/mol. The Bertz CT molecular complexity index is 727. The Morgan fingerprint density at radius 1 is 0.826 bits per heavy atom. The molecule has 0 bridgehead atoms. The molecule has 1 aliphatic heterocycles. The zero-order valence-electron chi connectivity index (χ0n) is 12.6. The van der Waals surface area contributed by atoms with Crippen molar-refractivity contribution in [2.75, 3.05) is 40.6 Å². The first-order chi connectivity index (χ1) is 11.1. The number of nitrogens with zero attached hydrogens (tertiary/aromatic N) is 1. The second-order valence-corrected chi connectivity index (χ2v) is 6.64. The number of hydrogen-bond acceptors (Lipinski definition) is 4. The van der Waals surface area contributed by atoms with Crippen molar-refractivity contribution in [1.29, 1.82) is 0 Å². The summed E-state index contributed by atoms with van der Waals surface area (Å²) in [6.07, 6.45) is 0. The summed E-state index contributed by atoms with van der Waals surface area (Å²) in [4.78, 5) is 2.21. The van der Waals surface area contributed by atoms with Crippen molar-refractivity contribution in [3.8, 4) is 0 Å². The molecule has 3 rings (SSSR count). The third-order valence-corrected chi connectivity index (χ3v) is 4.53. The van der Waals surface area contributed by atoms with Gasteiger partial charge in [-0.3, -0.25) is 9.44 Å². The van der Waals surface area contributed by atoms with Gasteiger partial charge in [0, 0.05) is 18.8 Å². The van der Waals surface area contributed by atoms with Crippen molar-refractivity contribution in [2.24, 2.45) is 0 Å². The lowest BCUT2D eigenvalue weighted by Crippen LogP contribution is -2.36. The smallest absolute Gasteiger partial charge is 0.321 e. The normalized spacial score (nSPS) is 15.2. The zero-order chi connectivity index (χ0) is 16.1. The van der Waals surface area contributed by atoms with Gasteiger partial charge >= 0.3 is 10.2 Å². The summed E-state index contributed by atoms with van der Waals surface area (Å²) in [6.45, 7) is 3.13. The van der Waals surface area contributed by atoms with E-state index in [1.54, 1.807) is 36.4 Å². The second kappa shape index (κ2) is 6.89. The number of nitrogens with one attached hydrogen (secondary N) is 2. The van der Waals surface area contributed by atoms with E-state index < -0.39 is 10.2 Å². The van der Waals surface area contributed by atoms with Gasteiger partial charge in [-0.15, -0.1) is 0 Å². The molecule has 23 heavy (non-hydrogen) atoms. The number of para-hydroxylation sites is 1. The molecule has 2 N–H and O–H groups in total. The Labute approximate surface area is 136 Å². The standard InChI is InChI=1S/C16H19N3O3S/c20-23(21,17-14-4-2-1-3-5-14)18-15-6-8-16(9-7-15)19-10-12-22-13-11-19/h1-9,17-18H,10-13H2. The van der Waals surface area contributed by atoms with E-state index in [9.17, 15) is 8.42 Å². The van der Waals surface area contributed by atoms with E-state index >= 15 is 0 Å². The summed E-state index contributed by atoms with van der Waals surface area (Å²) < 4.78 is 34.5. The zero-order valence-corrected chi connectivity index (χ0v) is 13.4. The molecule has 2 aromatic rings. The minimum atomic E-state index is -3.66. The molecule has 1 heterocycles. The van der Waals surface area contributed by atoms with Crippen LogP contribution in [0.3, 0.4) is 0 Å². The third kappa shape index (κ3) is 4.37. The number of benzene rings is 2. The van der Waals surface area contributed by atoms with Gasteiger partial charge in [0.2, 0.25) is 0 Å². The fraction of sp³-hybridized carbons (Fsp3) is 0.250. The van der Waals surface area contributed by atoms with Crippen molar-refractivity contribution in [2.45, 2.75) is 0 Å². The van der Waals surface area contributed by atoms with Crippen LogP contribution in [0.4, 0.5) is 17.1 Å². The number of rotatable bonds is 5. The van der Waals surface area contributed by atoms with Crippen molar-refractivity contribution in [3.63, 3.8) is 0 Å².